The zero-order chi connectivity index (χ0) is 13.1. The molecule has 1 aromatic heterocycles. The molecule has 0 aliphatic heterocycles. The van der Waals surface area contributed by atoms with Gasteiger partial charge in [0.2, 0.25) is 0 Å². The summed E-state index contributed by atoms with van der Waals surface area (Å²) in [6.07, 6.45) is 0. The van der Waals surface area contributed by atoms with E-state index in [4.69, 9.17) is 5.73 Å². The number of nitro groups is 1. The highest BCUT2D eigenvalue weighted by molar-refractivity contribution is 14.1. The molecule has 18 heavy (non-hydrogen) atoms. The quantitative estimate of drug-likeness (QED) is 0.501. The maximum atomic E-state index is 10.7. The van der Waals surface area contributed by atoms with Gasteiger partial charge in [-0.2, -0.15) is 0 Å². The number of hydrogen-bond acceptors (Lipinski definition) is 5. The summed E-state index contributed by atoms with van der Waals surface area (Å²) in [4.78, 5) is 14.2. The molecule has 2 aromatic rings. The van der Waals surface area contributed by atoms with Crippen molar-refractivity contribution in [3.8, 4) is 0 Å². The number of pyridine rings is 1. The van der Waals surface area contributed by atoms with Crippen LogP contribution >= 0.6 is 22.6 Å². The third-order valence-corrected chi connectivity index (χ3v) is 3.12. The molecule has 0 spiro atoms. The van der Waals surface area contributed by atoms with Gasteiger partial charge in [-0.05, 0) is 34.7 Å². The van der Waals surface area contributed by atoms with Crippen LogP contribution in [0.15, 0.2) is 36.4 Å². The van der Waals surface area contributed by atoms with E-state index in [2.05, 4.69) is 32.9 Å². The van der Waals surface area contributed by atoms with E-state index in [1.165, 1.54) is 12.1 Å². The number of nitrogen functional groups attached to an aromatic ring is 1. The average Bonchev–Trinajstić information content (AvgIpc) is 2.31. The Hall–Kier alpha value is -1.90. The minimum atomic E-state index is -0.501. The van der Waals surface area contributed by atoms with E-state index < -0.39 is 4.92 Å². The van der Waals surface area contributed by atoms with E-state index in [-0.39, 0.29) is 11.5 Å². The van der Waals surface area contributed by atoms with Crippen molar-refractivity contribution in [3.05, 3.63) is 50.1 Å². The average molecular weight is 356 g/mol. The van der Waals surface area contributed by atoms with Crippen molar-refractivity contribution in [2.24, 2.45) is 0 Å². The number of nitrogens with zero attached hydrogens (tertiary/aromatic N) is 2. The van der Waals surface area contributed by atoms with E-state index in [0.717, 1.165) is 9.26 Å². The lowest BCUT2D eigenvalue weighted by atomic mass is 10.3. The topological polar surface area (TPSA) is 94.1 Å². The van der Waals surface area contributed by atoms with Crippen molar-refractivity contribution in [2.75, 3.05) is 11.1 Å². The van der Waals surface area contributed by atoms with Gasteiger partial charge < -0.3 is 11.1 Å². The second kappa shape index (κ2) is 5.17. The van der Waals surface area contributed by atoms with Gasteiger partial charge >= 0.3 is 0 Å². The molecule has 0 fully saturated rings. The normalized spacial score (nSPS) is 10.1. The van der Waals surface area contributed by atoms with Crippen LogP contribution in [0.4, 0.5) is 23.0 Å². The van der Waals surface area contributed by atoms with Crippen molar-refractivity contribution in [2.45, 2.75) is 0 Å². The fourth-order valence-corrected chi connectivity index (χ4v) is 1.93. The number of hydrogen-bond donors (Lipinski definition) is 2. The molecule has 0 unspecified atom stereocenters. The molecule has 0 amide bonds. The molecule has 1 heterocycles. The number of benzene rings is 1. The Morgan fingerprint density at radius 1 is 1.33 bits per heavy atom. The Labute approximate surface area is 117 Å². The highest BCUT2D eigenvalue weighted by Crippen LogP contribution is 2.24. The summed E-state index contributed by atoms with van der Waals surface area (Å²) in [5.74, 6) is 0.462. The lowest BCUT2D eigenvalue weighted by Crippen LogP contribution is -2.00. The smallest absolute Gasteiger partial charge is 0.276 e. The van der Waals surface area contributed by atoms with Gasteiger partial charge in [0.25, 0.3) is 5.69 Å². The molecule has 0 bridgehead atoms. The lowest BCUT2D eigenvalue weighted by Gasteiger charge is -2.07. The number of nitrogens with one attached hydrogen (secondary N) is 1. The standard InChI is InChI=1S/C11H9IN4O2/c12-8-3-1-2-4-9(8)14-11-6-7(16(17)18)5-10(13)15-11/h1-6H,(H3,13,14,15). The summed E-state index contributed by atoms with van der Waals surface area (Å²) in [6, 6.07) is 10.1. The molecular formula is C11H9IN4O2. The summed E-state index contributed by atoms with van der Waals surface area (Å²) in [7, 11) is 0. The van der Waals surface area contributed by atoms with E-state index >= 15 is 0 Å². The van der Waals surface area contributed by atoms with Crippen molar-refractivity contribution in [1.82, 2.24) is 4.98 Å². The number of para-hydroxylation sites is 1. The van der Waals surface area contributed by atoms with Crippen LogP contribution in [0.25, 0.3) is 0 Å². The van der Waals surface area contributed by atoms with Crippen LogP contribution in [-0.2, 0) is 0 Å². The zero-order valence-corrected chi connectivity index (χ0v) is 11.3. The van der Waals surface area contributed by atoms with Gasteiger partial charge in [-0.15, -0.1) is 0 Å². The fraction of sp³-hybridized carbons (Fsp3) is 0. The predicted molar refractivity (Wildman–Crippen MR) is 77.7 cm³/mol. The number of aromatic nitrogens is 1. The molecule has 0 saturated heterocycles. The van der Waals surface area contributed by atoms with Gasteiger partial charge in [-0.1, -0.05) is 12.1 Å². The Bertz CT molecular complexity index is 603. The molecule has 0 atom stereocenters. The highest BCUT2D eigenvalue weighted by Gasteiger charge is 2.10. The van der Waals surface area contributed by atoms with Crippen LogP contribution in [0.1, 0.15) is 0 Å². The van der Waals surface area contributed by atoms with Gasteiger partial charge in [0, 0.05) is 3.57 Å². The minimum absolute atomic E-state index is 0.0871. The Morgan fingerprint density at radius 3 is 2.72 bits per heavy atom. The lowest BCUT2D eigenvalue weighted by molar-refractivity contribution is -0.384. The molecule has 0 radical (unpaired) electrons. The van der Waals surface area contributed by atoms with Crippen molar-refractivity contribution in [1.29, 1.82) is 0 Å². The zero-order valence-electron chi connectivity index (χ0n) is 9.13. The van der Waals surface area contributed by atoms with Crippen LogP contribution in [0.2, 0.25) is 0 Å². The summed E-state index contributed by atoms with van der Waals surface area (Å²) in [5, 5.41) is 13.7. The summed E-state index contributed by atoms with van der Waals surface area (Å²) in [6.45, 7) is 0. The first kappa shape index (κ1) is 12.6. The van der Waals surface area contributed by atoms with Gasteiger partial charge in [0.15, 0.2) is 0 Å². The second-order valence-corrected chi connectivity index (χ2v) is 4.66. The van der Waals surface area contributed by atoms with Gasteiger partial charge in [0.05, 0.1) is 22.7 Å². The monoisotopic (exact) mass is 356 g/mol. The van der Waals surface area contributed by atoms with E-state index in [0.29, 0.717) is 5.82 Å². The summed E-state index contributed by atoms with van der Waals surface area (Å²) < 4.78 is 0.988. The van der Waals surface area contributed by atoms with Gasteiger partial charge in [-0.25, -0.2) is 4.98 Å². The van der Waals surface area contributed by atoms with Crippen molar-refractivity contribution >= 4 is 45.6 Å². The molecular weight excluding hydrogens is 347 g/mol. The van der Waals surface area contributed by atoms with E-state index in [1.54, 1.807) is 0 Å². The molecule has 0 aliphatic carbocycles. The summed E-state index contributed by atoms with van der Waals surface area (Å²) >= 11 is 2.16. The minimum Gasteiger partial charge on any atom is -0.383 e. The molecule has 0 saturated carbocycles. The van der Waals surface area contributed by atoms with Crippen LogP contribution in [0, 0.1) is 13.7 Å². The molecule has 3 N–H and O–H groups in total. The number of nitrogens with two attached hydrogens (primary N) is 1. The van der Waals surface area contributed by atoms with Crippen molar-refractivity contribution in [3.63, 3.8) is 0 Å². The Morgan fingerprint density at radius 2 is 2.06 bits per heavy atom. The molecule has 2 rings (SSSR count). The van der Waals surface area contributed by atoms with Crippen LogP contribution in [0.5, 0.6) is 0 Å². The van der Waals surface area contributed by atoms with E-state index in [9.17, 15) is 10.1 Å². The first-order chi connectivity index (χ1) is 8.56. The van der Waals surface area contributed by atoms with Crippen LogP contribution in [-0.4, -0.2) is 9.91 Å². The second-order valence-electron chi connectivity index (χ2n) is 3.50. The third-order valence-electron chi connectivity index (χ3n) is 2.18. The maximum absolute atomic E-state index is 10.7. The molecule has 6 nitrogen and oxygen atoms in total. The highest BCUT2D eigenvalue weighted by atomic mass is 127. The number of halogens is 1. The molecule has 0 aliphatic rings. The van der Waals surface area contributed by atoms with Gasteiger partial charge in [-0.3, -0.25) is 10.1 Å². The Kier molecular flexibility index (Phi) is 3.60. The number of anilines is 3. The molecule has 7 heteroatoms. The van der Waals surface area contributed by atoms with Crippen molar-refractivity contribution < 1.29 is 4.92 Å². The fourth-order valence-electron chi connectivity index (χ4n) is 1.41. The Balaban J connectivity index is 2.35. The summed E-state index contributed by atoms with van der Waals surface area (Å²) in [5.41, 5.74) is 6.27. The third kappa shape index (κ3) is 2.86. The maximum Gasteiger partial charge on any atom is 0.276 e. The van der Waals surface area contributed by atoms with Gasteiger partial charge in [0.1, 0.15) is 11.6 Å². The van der Waals surface area contributed by atoms with Crippen LogP contribution in [0.3, 0.4) is 0 Å². The van der Waals surface area contributed by atoms with E-state index in [1.807, 2.05) is 24.3 Å². The predicted octanol–water partition coefficient (Wildman–Crippen LogP) is 2.92. The molecule has 1 aromatic carbocycles. The SMILES string of the molecule is Nc1cc([N+](=O)[O-])cc(Nc2ccccc2I)n1. The largest absolute Gasteiger partial charge is 0.383 e. The van der Waals surface area contributed by atoms with Crippen LogP contribution < -0.4 is 11.1 Å². The number of rotatable bonds is 3. The first-order valence-electron chi connectivity index (χ1n) is 5.00. The molecule has 92 valence electrons. The first-order valence-corrected chi connectivity index (χ1v) is 6.07.